The van der Waals surface area contributed by atoms with E-state index in [1.807, 2.05) is 18.7 Å². The molecule has 3 heterocycles. The summed E-state index contributed by atoms with van der Waals surface area (Å²) in [7, 11) is 0. The normalized spacial score (nSPS) is 15.7. The molecule has 0 spiro atoms. The monoisotopic (exact) mass is 489 g/mol. The third-order valence-electron chi connectivity index (χ3n) is 7.34. The van der Waals surface area contributed by atoms with Crippen molar-refractivity contribution in [3.63, 3.8) is 0 Å². The van der Waals surface area contributed by atoms with Gasteiger partial charge in [-0.25, -0.2) is 4.99 Å². The Bertz CT molecular complexity index is 1550. The molecule has 3 nitrogen and oxygen atoms in total. The van der Waals surface area contributed by atoms with Gasteiger partial charge in [0.2, 0.25) is 0 Å². The van der Waals surface area contributed by atoms with Gasteiger partial charge in [-0.3, -0.25) is 4.98 Å². The van der Waals surface area contributed by atoms with Crippen LogP contribution in [0.15, 0.2) is 87.6 Å². The van der Waals surface area contributed by atoms with Crippen LogP contribution >= 0.6 is 11.8 Å². The first kappa shape index (κ1) is 23.1. The van der Waals surface area contributed by atoms with Crippen LogP contribution in [0.1, 0.15) is 50.4 Å². The number of allylic oxidation sites excluding steroid dienone is 1. The zero-order chi connectivity index (χ0) is 24.9. The Balaban J connectivity index is 1.34. The van der Waals surface area contributed by atoms with E-state index in [0.717, 1.165) is 34.5 Å². The van der Waals surface area contributed by atoms with Crippen molar-refractivity contribution in [3.05, 3.63) is 89.6 Å². The lowest BCUT2D eigenvalue weighted by Gasteiger charge is -2.33. The lowest BCUT2D eigenvalue weighted by molar-refractivity contribution is 0.741. The summed E-state index contributed by atoms with van der Waals surface area (Å²) in [6, 6.07) is 24.2. The summed E-state index contributed by atoms with van der Waals surface area (Å²) in [5.74, 6) is 0. The number of hydrogen-bond donors (Lipinski definition) is 0. The molecule has 0 radical (unpaired) electrons. The quantitative estimate of drug-likeness (QED) is 0.280. The van der Waals surface area contributed by atoms with E-state index in [1.165, 1.54) is 45.1 Å². The lowest BCUT2D eigenvalue weighted by atomic mass is 9.81. The van der Waals surface area contributed by atoms with Crippen LogP contribution in [0.4, 0.5) is 17.1 Å². The molecule has 6 rings (SSSR count). The molecule has 0 fully saturated rings. The van der Waals surface area contributed by atoms with Crippen molar-refractivity contribution in [3.8, 4) is 0 Å². The fourth-order valence-corrected chi connectivity index (χ4v) is 6.36. The Labute approximate surface area is 218 Å². The van der Waals surface area contributed by atoms with E-state index in [2.05, 4.69) is 105 Å². The summed E-state index contributed by atoms with van der Waals surface area (Å²) in [6.45, 7) is 9.86. The predicted octanol–water partition coefficient (Wildman–Crippen LogP) is 9.02. The molecule has 0 aliphatic carbocycles. The molecule has 4 aromatic rings. The van der Waals surface area contributed by atoms with Gasteiger partial charge in [-0.2, -0.15) is 0 Å². The fraction of sp³-hybridized carbons (Fsp3) is 0.250. The van der Waals surface area contributed by atoms with Crippen LogP contribution in [0.5, 0.6) is 0 Å². The van der Waals surface area contributed by atoms with Crippen LogP contribution in [-0.2, 0) is 5.41 Å². The SMILES string of the molecule is CCCCN1c2ccccc2Sc2cc(/C=C/C3=Nc4c(ccc5ccc(C)nc45)C3(C)C)ccc21. The van der Waals surface area contributed by atoms with E-state index in [0.29, 0.717) is 0 Å². The Kier molecular flexibility index (Phi) is 5.72. The molecule has 0 saturated heterocycles. The molecule has 0 bridgehead atoms. The Morgan fingerprint density at radius 2 is 1.72 bits per heavy atom. The van der Waals surface area contributed by atoms with Gasteiger partial charge in [-0.15, -0.1) is 0 Å². The average molecular weight is 490 g/mol. The van der Waals surface area contributed by atoms with E-state index >= 15 is 0 Å². The van der Waals surface area contributed by atoms with Crippen molar-refractivity contribution < 1.29 is 0 Å². The van der Waals surface area contributed by atoms with Gasteiger partial charge in [0.15, 0.2) is 0 Å². The van der Waals surface area contributed by atoms with Crippen molar-refractivity contribution >= 4 is 51.5 Å². The summed E-state index contributed by atoms with van der Waals surface area (Å²) in [5, 5.41) is 1.14. The molecule has 1 aromatic heterocycles. The number of anilines is 2. The number of unbranched alkanes of at least 4 members (excludes halogenated alkanes) is 1. The second-order valence-corrected chi connectivity index (χ2v) is 11.3. The van der Waals surface area contributed by atoms with Crippen molar-refractivity contribution in [1.29, 1.82) is 0 Å². The van der Waals surface area contributed by atoms with Crippen molar-refractivity contribution in [2.45, 2.75) is 55.7 Å². The van der Waals surface area contributed by atoms with Crippen molar-refractivity contribution in [2.24, 2.45) is 4.99 Å². The minimum atomic E-state index is -0.162. The first-order valence-electron chi connectivity index (χ1n) is 12.8. The predicted molar refractivity (Wildman–Crippen MR) is 155 cm³/mol. The molecule has 0 N–H and O–H groups in total. The largest absolute Gasteiger partial charge is 0.340 e. The summed E-state index contributed by atoms with van der Waals surface area (Å²) >= 11 is 1.87. The van der Waals surface area contributed by atoms with E-state index in [1.54, 1.807) is 0 Å². The summed E-state index contributed by atoms with van der Waals surface area (Å²) < 4.78 is 0. The molecule has 180 valence electrons. The highest BCUT2D eigenvalue weighted by atomic mass is 32.2. The van der Waals surface area contributed by atoms with Gasteiger partial charge < -0.3 is 4.90 Å². The van der Waals surface area contributed by atoms with E-state index in [4.69, 9.17) is 9.98 Å². The zero-order valence-corrected chi connectivity index (χ0v) is 22.2. The summed E-state index contributed by atoms with van der Waals surface area (Å²) in [6.07, 6.45) is 6.77. The summed E-state index contributed by atoms with van der Waals surface area (Å²) in [5.41, 5.74) is 9.03. The number of nitrogens with zero attached hydrogens (tertiary/aromatic N) is 3. The molecular formula is C32H31N3S. The molecule has 4 heteroatoms. The minimum Gasteiger partial charge on any atom is -0.340 e. The van der Waals surface area contributed by atoms with Crippen LogP contribution < -0.4 is 4.90 Å². The van der Waals surface area contributed by atoms with Crippen molar-refractivity contribution in [2.75, 3.05) is 11.4 Å². The second-order valence-electron chi connectivity index (χ2n) is 10.2. The molecule has 3 aromatic carbocycles. The van der Waals surface area contributed by atoms with E-state index < -0.39 is 0 Å². The molecule has 0 unspecified atom stereocenters. The molecule has 0 atom stereocenters. The minimum absolute atomic E-state index is 0.162. The first-order valence-corrected chi connectivity index (χ1v) is 13.6. The standard InChI is InChI=1S/C32H31N3S/c1-5-6-19-35-25-9-7-8-10-27(25)36-28-20-22(12-17-26(28)35)13-18-29-32(3,4)24-16-15-23-14-11-21(2)33-30(23)31(24)34-29/h7-18,20H,5-6,19H2,1-4H3/b18-13+. The van der Waals surface area contributed by atoms with Gasteiger partial charge in [0, 0.05) is 32.8 Å². The average Bonchev–Trinajstić information content (AvgIpc) is 3.15. The molecule has 2 aliphatic rings. The maximum Gasteiger partial charge on any atom is 0.0964 e. The lowest BCUT2D eigenvalue weighted by Crippen LogP contribution is -2.23. The van der Waals surface area contributed by atoms with Crippen LogP contribution in [0.3, 0.4) is 0 Å². The van der Waals surface area contributed by atoms with Crippen LogP contribution in [0.2, 0.25) is 0 Å². The smallest absolute Gasteiger partial charge is 0.0964 e. The third kappa shape index (κ3) is 3.84. The molecule has 36 heavy (non-hydrogen) atoms. The number of pyridine rings is 1. The number of rotatable bonds is 5. The first-order chi connectivity index (χ1) is 17.5. The number of aryl methyl sites for hydroxylation is 1. The highest BCUT2D eigenvalue weighted by molar-refractivity contribution is 7.99. The molecular weight excluding hydrogens is 458 g/mol. The molecule has 2 aliphatic heterocycles. The van der Waals surface area contributed by atoms with Crippen molar-refractivity contribution in [1.82, 2.24) is 4.98 Å². The third-order valence-corrected chi connectivity index (χ3v) is 8.45. The van der Waals surface area contributed by atoms with Gasteiger partial charge >= 0.3 is 0 Å². The molecule has 0 amide bonds. The van der Waals surface area contributed by atoms with Crippen LogP contribution in [0.25, 0.3) is 17.0 Å². The fourth-order valence-electron chi connectivity index (χ4n) is 5.22. The highest BCUT2D eigenvalue weighted by Crippen LogP contribution is 2.49. The maximum atomic E-state index is 5.11. The molecule has 0 saturated carbocycles. The van der Waals surface area contributed by atoms with E-state index in [-0.39, 0.29) is 5.41 Å². The zero-order valence-electron chi connectivity index (χ0n) is 21.4. The second kappa shape index (κ2) is 8.94. The van der Waals surface area contributed by atoms with Gasteiger partial charge in [0.1, 0.15) is 0 Å². The number of fused-ring (bicyclic) bond motifs is 5. The van der Waals surface area contributed by atoms with Gasteiger partial charge in [0.25, 0.3) is 0 Å². The van der Waals surface area contributed by atoms with Gasteiger partial charge in [0.05, 0.1) is 28.3 Å². The Morgan fingerprint density at radius 1 is 0.917 bits per heavy atom. The van der Waals surface area contributed by atoms with Crippen LogP contribution in [-0.4, -0.2) is 17.2 Å². The Morgan fingerprint density at radius 3 is 2.58 bits per heavy atom. The highest BCUT2D eigenvalue weighted by Gasteiger charge is 2.34. The summed E-state index contributed by atoms with van der Waals surface area (Å²) in [4.78, 5) is 15.1. The van der Waals surface area contributed by atoms with E-state index in [9.17, 15) is 0 Å². The maximum absolute atomic E-state index is 5.11. The topological polar surface area (TPSA) is 28.5 Å². The van der Waals surface area contributed by atoms with Gasteiger partial charge in [-0.05, 0) is 60.9 Å². The Hall–Kier alpha value is -3.37. The van der Waals surface area contributed by atoms with Crippen LogP contribution in [0, 0.1) is 6.92 Å². The van der Waals surface area contributed by atoms with Gasteiger partial charge in [-0.1, -0.05) is 81.4 Å². The number of benzene rings is 3. The number of aliphatic imine (C=N–C) groups is 1. The number of aromatic nitrogens is 1. The number of hydrogen-bond acceptors (Lipinski definition) is 4. The number of para-hydroxylation sites is 1.